The van der Waals surface area contributed by atoms with Crippen LogP contribution >= 0.6 is 22.7 Å². The molecular weight excluding hydrogens is 426 g/mol. The van der Waals surface area contributed by atoms with Gasteiger partial charge in [-0.25, -0.2) is 9.59 Å². The van der Waals surface area contributed by atoms with E-state index < -0.39 is 23.9 Å². The highest BCUT2D eigenvalue weighted by molar-refractivity contribution is 7.17. The van der Waals surface area contributed by atoms with E-state index in [0.29, 0.717) is 23.5 Å². The topological polar surface area (TPSA) is 96.0 Å². The Balaban J connectivity index is 1.53. The van der Waals surface area contributed by atoms with Gasteiger partial charge in [-0.2, -0.15) is 0 Å². The van der Waals surface area contributed by atoms with Crippen LogP contribution in [0.25, 0.3) is 10.4 Å². The SMILES string of the molecule is CCOC(=O)c1c(-c2cccs2)csc1NC(=O)CN1C(=O)[C@@H]2CCCCN2C1=O. The summed E-state index contributed by atoms with van der Waals surface area (Å²) in [6, 6.07) is 2.89. The van der Waals surface area contributed by atoms with Gasteiger partial charge < -0.3 is 15.0 Å². The number of fused-ring (bicyclic) bond motifs is 1. The van der Waals surface area contributed by atoms with E-state index in [2.05, 4.69) is 5.32 Å². The lowest BCUT2D eigenvalue weighted by molar-refractivity contribution is -0.131. The number of ether oxygens (including phenoxy) is 1. The fourth-order valence-corrected chi connectivity index (χ4v) is 5.56. The molecule has 0 radical (unpaired) electrons. The maximum Gasteiger partial charge on any atom is 0.341 e. The number of carbonyl (C=O) groups excluding carboxylic acids is 4. The zero-order valence-corrected chi connectivity index (χ0v) is 18.0. The van der Waals surface area contributed by atoms with Crippen LogP contribution in [-0.2, 0) is 14.3 Å². The van der Waals surface area contributed by atoms with Crippen LogP contribution in [0.15, 0.2) is 22.9 Å². The Morgan fingerprint density at radius 3 is 2.80 bits per heavy atom. The summed E-state index contributed by atoms with van der Waals surface area (Å²) in [6.07, 6.45) is 2.38. The third-order valence-electron chi connectivity index (χ3n) is 5.14. The predicted octanol–water partition coefficient (Wildman–Crippen LogP) is 3.41. The van der Waals surface area contributed by atoms with Crippen LogP contribution in [0.2, 0.25) is 0 Å². The van der Waals surface area contributed by atoms with Crippen molar-refractivity contribution in [1.82, 2.24) is 9.80 Å². The van der Waals surface area contributed by atoms with Gasteiger partial charge in [0.05, 0.1) is 6.61 Å². The van der Waals surface area contributed by atoms with E-state index in [1.165, 1.54) is 22.7 Å². The maximum absolute atomic E-state index is 12.7. The van der Waals surface area contributed by atoms with E-state index in [1.807, 2.05) is 17.5 Å². The number of urea groups is 1. The normalized spacial score (nSPS) is 18.5. The molecule has 158 valence electrons. The first-order chi connectivity index (χ1) is 14.5. The van der Waals surface area contributed by atoms with E-state index in [-0.39, 0.29) is 24.6 Å². The van der Waals surface area contributed by atoms with Crippen LogP contribution < -0.4 is 5.32 Å². The van der Waals surface area contributed by atoms with Gasteiger partial charge >= 0.3 is 12.0 Å². The highest BCUT2D eigenvalue weighted by atomic mass is 32.1. The lowest BCUT2D eigenvalue weighted by Gasteiger charge is -2.26. The van der Waals surface area contributed by atoms with Gasteiger partial charge in [0, 0.05) is 22.4 Å². The van der Waals surface area contributed by atoms with Crippen LogP contribution in [0, 0.1) is 0 Å². The molecule has 10 heteroatoms. The second-order valence-electron chi connectivity index (χ2n) is 7.01. The summed E-state index contributed by atoms with van der Waals surface area (Å²) in [5.41, 5.74) is 0.975. The molecule has 0 bridgehead atoms. The molecule has 1 N–H and O–H groups in total. The fourth-order valence-electron chi connectivity index (χ4n) is 3.77. The highest BCUT2D eigenvalue weighted by Gasteiger charge is 2.46. The molecule has 8 nitrogen and oxygen atoms in total. The van der Waals surface area contributed by atoms with Gasteiger partial charge in [-0.05, 0) is 37.6 Å². The number of nitrogens with one attached hydrogen (secondary N) is 1. The van der Waals surface area contributed by atoms with E-state index in [9.17, 15) is 19.2 Å². The van der Waals surface area contributed by atoms with Crippen LogP contribution in [-0.4, -0.2) is 59.4 Å². The Morgan fingerprint density at radius 2 is 2.10 bits per heavy atom. The molecule has 30 heavy (non-hydrogen) atoms. The summed E-state index contributed by atoms with van der Waals surface area (Å²) in [7, 11) is 0. The second kappa shape index (κ2) is 8.57. The summed E-state index contributed by atoms with van der Waals surface area (Å²) in [6.45, 7) is 2.08. The minimum atomic E-state index is -0.526. The molecule has 0 unspecified atom stereocenters. The molecule has 0 saturated carbocycles. The van der Waals surface area contributed by atoms with Gasteiger partial charge in [-0.15, -0.1) is 22.7 Å². The number of amides is 4. The zero-order chi connectivity index (χ0) is 21.3. The Labute approximate surface area is 181 Å². The van der Waals surface area contributed by atoms with Crippen LogP contribution in [0.3, 0.4) is 0 Å². The maximum atomic E-state index is 12.7. The fraction of sp³-hybridized carbons (Fsp3) is 0.400. The van der Waals surface area contributed by atoms with Gasteiger partial charge in [0.15, 0.2) is 0 Å². The van der Waals surface area contributed by atoms with Crippen molar-refractivity contribution >= 4 is 51.5 Å². The van der Waals surface area contributed by atoms with E-state index >= 15 is 0 Å². The van der Waals surface area contributed by atoms with Gasteiger partial charge in [0.25, 0.3) is 5.91 Å². The van der Waals surface area contributed by atoms with Gasteiger partial charge in [-0.1, -0.05) is 6.07 Å². The number of hydrogen-bond donors (Lipinski definition) is 1. The molecule has 2 saturated heterocycles. The smallest absolute Gasteiger partial charge is 0.341 e. The minimum absolute atomic E-state index is 0.208. The number of anilines is 1. The molecule has 0 aliphatic carbocycles. The van der Waals surface area contributed by atoms with Gasteiger partial charge in [0.1, 0.15) is 23.2 Å². The standard InChI is InChI=1S/C20H21N3O5S2/c1-2-28-19(26)16-12(14-7-5-9-29-14)11-30-17(16)21-15(24)10-23-18(25)13-6-3-4-8-22(13)20(23)27/h5,7,9,11,13H,2-4,6,8,10H2,1H3,(H,21,24)/t13-/m0/s1. The molecule has 2 aromatic rings. The first-order valence-corrected chi connectivity index (χ1v) is 11.5. The molecule has 0 spiro atoms. The molecule has 4 amide bonds. The Bertz CT molecular complexity index is 961. The second-order valence-corrected chi connectivity index (χ2v) is 8.84. The molecule has 0 aromatic carbocycles. The van der Waals surface area contributed by atoms with Crippen molar-refractivity contribution in [1.29, 1.82) is 0 Å². The highest BCUT2D eigenvalue weighted by Crippen LogP contribution is 2.38. The Hall–Kier alpha value is -2.72. The van der Waals surface area contributed by atoms with Crippen molar-refractivity contribution in [3.8, 4) is 10.4 Å². The number of carbonyl (C=O) groups is 4. The number of hydrogen-bond acceptors (Lipinski definition) is 7. The lowest BCUT2D eigenvalue weighted by atomic mass is 10.0. The van der Waals surface area contributed by atoms with E-state index in [1.54, 1.807) is 17.2 Å². The van der Waals surface area contributed by atoms with Crippen molar-refractivity contribution in [3.05, 3.63) is 28.5 Å². The van der Waals surface area contributed by atoms with Crippen molar-refractivity contribution in [3.63, 3.8) is 0 Å². The molecule has 2 fully saturated rings. The summed E-state index contributed by atoms with van der Waals surface area (Å²) in [5, 5.41) is 6.74. The monoisotopic (exact) mass is 447 g/mol. The number of nitrogens with zero attached hydrogens (tertiary/aromatic N) is 2. The zero-order valence-electron chi connectivity index (χ0n) is 16.4. The van der Waals surface area contributed by atoms with Crippen molar-refractivity contribution in [2.24, 2.45) is 0 Å². The summed E-state index contributed by atoms with van der Waals surface area (Å²) >= 11 is 2.69. The largest absolute Gasteiger partial charge is 0.462 e. The molecule has 1 atom stereocenters. The molecular formula is C20H21N3O5S2. The quantitative estimate of drug-likeness (QED) is 0.541. The van der Waals surface area contributed by atoms with Crippen LogP contribution in [0.4, 0.5) is 9.80 Å². The number of imide groups is 1. The van der Waals surface area contributed by atoms with Crippen molar-refractivity contribution in [2.75, 3.05) is 25.0 Å². The average Bonchev–Trinajstić information content (AvgIpc) is 3.45. The summed E-state index contributed by atoms with van der Waals surface area (Å²) in [4.78, 5) is 53.8. The number of thiophene rings is 2. The first kappa shape index (κ1) is 20.5. The van der Waals surface area contributed by atoms with E-state index in [4.69, 9.17) is 4.74 Å². The predicted molar refractivity (Wildman–Crippen MR) is 114 cm³/mol. The Kier molecular flexibility index (Phi) is 5.87. The first-order valence-electron chi connectivity index (χ1n) is 9.75. The number of piperidine rings is 1. The summed E-state index contributed by atoms with van der Waals surface area (Å²) < 4.78 is 5.17. The molecule has 2 aliphatic rings. The van der Waals surface area contributed by atoms with Crippen LogP contribution in [0.1, 0.15) is 36.5 Å². The van der Waals surface area contributed by atoms with Crippen molar-refractivity contribution in [2.45, 2.75) is 32.2 Å². The van der Waals surface area contributed by atoms with Gasteiger partial charge in [0.2, 0.25) is 5.91 Å². The Morgan fingerprint density at radius 1 is 1.27 bits per heavy atom. The molecule has 4 heterocycles. The van der Waals surface area contributed by atoms with E-state index in [0.717, 1.165) is 22.6 Å². The third kappa shape index (κ3) is 3.72. The van der Waals surface area contributed by atoms with Gasteiger partial charge in [-0.3, -0.25) is 14.5 Å². The molecule has 4 rings (SSSR count). The number of esters is 1. The molecule has 2 aliphatic heterocycles. The minimum Gasteiger partial charge on any atom is -0.462 e. The average molecular weight is 448 g/mol. The van der Waals surface area contributed by atoms with Crippen molar-refractivity contribution < 1.29 is 23.9 Å². The lowest BCUT2D eigenvalue weighted by Crippen LogP contribution is -2.39. The summed E-state index contributed by atoms with van der Waals surface area (Å²) in [5.74, 6) is -1.38. The molecule has 2 aromatic heterocycles. The number of rotatable bonds is 6. The third-order valence-corrected chi connectivity index (χ3v) is 6.94. The van der Waals surface area contributed by atoms with Crippen LogP contribution in [0.5, 0.6) is 0 Å².